The SMILES string of the molecule is O=S(=O)(CC1OCCc2ccccc21)c1ccccc1F. The molecule has 0 saturated heterocycles. The van der Waals surface area contributed by atoms with Crippen LogP contribution in [0.3, 0.4) is 0 Å². The molecular formula is C16H15FO3S. The average Bonchev–Trinajstić information content (AvgIpc) is 2.47. The molecule has 0 aromatic heterocycles. The molecule has 1 aliphatic rings. The lowest BCUT2D eigenvalue weighted by atomic mass is 9.99. The maximum atomic E-state index is 13.7. The van der Waals surface area contributed by atoms with Gasteiger partial charge in [0, 0.05) is 0 Å². The van der Waals surface area contributed by atoms with Crippen LogP contribution in [0, 0.1) is 5.82 Å². The van der Waals surface area contributed by atoms with E-state index in [9.17, 15) is 12.8 Å². The van der Waals surface area contributed by atoms with Crippen molar-refractivity contribution in [1.82, 2.24) is 0 Å². The Morgan fingerprint density at radius 2 is 1.81 bits per heavy atom. The van der Waals surface area contributed by atoms with Gasteiger partial charge in [-0.3, -0.25) is 0 Å². The highest BCUT2D eigenvalue weighted by Crippen LogP contribution is 2.30. The van der Waals surface area contributed by atoms with Gasteiger partial charge in [0.2, 0.25) is 0 Å². The van der Waals surface area contributed by atoms with Crippen molar-refractivity contribution >= 4 is 9.84 Å². The van der Waals surface area contributed by atoms with Gasteiger partial charge in [-0.25, -0.2) is 12.8 Å². The first-order chi connectivity index (χ1) is 10.1. The monoisotopic (exact) mass is 306 g/mol. The number of fused-ring (bicyclic) bond motifs is 1. The van der Waals surface area contributed by atoms with Crippen LogP contribution in [0.2, 0.25) is 0 Å². The van der Waals surface area contributed by atoms with Crippen molar-refractivity contribution in [2.45, 2.75) is 17.4 Å². The van der Waals surface area contributed by atoms with E-state index in [0.717, 1.165) is 23.6 Å². The van der Waals surface area contributed by atoms with Crippen LogP contribution in [0.4, 0.5) is 4.39 Å². The minimum absolute atomic E-state index is 0.245. The lowest BCUT2D eigenvalue weighted by Crippen LogP contribution is -2.24. The molecule has 5 heteroatoms. The van der Waals surface area contributed by atoms with E-state index in [1.54, 1.807) is 0 Å². The molecule has 21 heavy (non-hydrogen) atoms. The number of benzene rings is 2. The molecule has 0 saturated carbocycles. The van der Waals surface area contributed by atoms with Gasteiger partial charge in [0.1, 0.15) is 10.7 Å². The highest BCUT2D eigenvalue weighted by atomic mass is 32.2. The normalized spacial score (nSPS) is 18.2. The molecule has 1 unspecified atom stereocenters. The molecule has 110 valence electrons. The van der Waals surface area contributed by atoms with Gasteiger partial charge in [-0.15, -0.1) is 0 Å². The average molecular weight is 306 g/mol. The molecular weight excluding hydrogens is 291 g/mol. The zero-order valence-corrected chi connectivity index (χ0v) is 12.1. The van der Waals surface area contributed by atoms with Crippen molar-refractivity contribution < 1.29 is 17.5 Å². The minimum Gasteiger partial charge on any atom is -0.372 e. The third-order valence-corrected chi connectivity index (χ3v) is 5.38. The van der Waals surface area contributed by atoms with Crippen LogP contribution in [0.5, 0.6) is 0 Å². The number of sulfone groups is 1. The summed E-state index contributed by atoms with van der Waals surface area (Å²) in [6.45, 7) is 0.481. The summed E-state index contributed by atoms with van der Waals surface area (Å²) in [5, 5.41) is 0. The van der Waals surface area contributed by atoms with E-state index in [-0.39, 0.29) is 10.6 Å². The Balaban J connectivity index is 1.93. The van der Waals surface area contributed by atoms with Crippen molar-refractivity contribution in [3.05, 3.63) is 65.5 Å². The van der Waals surface area contributed by atoms with Crippen LogP contribution in [0.15, 0.2) is 53.4 Å². The summed E-state index contributed by atoms with van der Waals surface area (Å²) in [4.78, 5) is -0.267. The Hall–Kier alpha value is -1.72. The summed E-state index contributed by atoms with van der Waals surface area (Å²) in [7, 11) is -3.73. The second kappa shape index (κ2) is 5.58. The van der Waals surface area contributed by atoms with Gasteiger partial charge in [-0.05, 0) is 29.7 Å². The van der Waals surface area contributed by atoms with Crippen LogP contribution < -0.4 is 0 Å². The predicted molar refractivity (Wildman–Crippen MR) is 77.3 cm³/mol. The number of hydrogen-bond donors (Lipinski definition) is 0. The van der Waals surface area contributed by atoms with Crippen LogP contribution in [-0.4, -0.2) is 20.8 Å². The summed E-state index contributed by atoms with van der Waals surface area (Å²) >= 11 is 0. The smallest absolute Gasteiger partial charge is 0.184 e. The van der Waals surface area contributed by atoms with Crippen molar-refractivity contribution in [3.63, 3.8) is 0 Å². The second-order valence-corrected chi connectivity index (χ2v) is 7.02. The van der Waals surface area contributed by atoms with Crippen molar-refractivity contribution in [3.8, 4) is 0 Å². The molecule has 0 spiro atoms. The molecule has 3 rings (SSSR count). The van der Waals surface area contributed by atoms with Crippen LogP contribution in [0.25, 0.3) is 0 Å². The van der Waals surface area contributed by atoms with Crippen molar-refractivity contribution in [1.29, 1.82) is 0 Å². The maximum Gasteiger partial charge on any atom is 0.184 e. The van der Waals surface area contributed by atoms with Gasteiger partial charge in [-0.1, -0.05) is 36.4 Å². The van der Waals surface area contributed by atoms with E-state index >= 15 is 0 Å². The van der Waals surface area contributed by atoms with E-state index in [2.05, 4.69) is 0 Å². The zero-order chi connectivity index (χ0) is 14.9. The van der Waals surface area contributed by atoms with E-state index < -0.39 is 21.8 Å². The van der Waals surface area contributed by atoms with Gasteiger partial charge in [0.15, 0.2) is 9.84 Å². The Morgan fingerprint density at radius 3 is 2.62 bits per heavy atom. The summed E-state index contributed by atoms with van der Waals surface area (Å²) in [5.41, 5.74) is 1.97. The molecule has 2 aromatic carbocycles. The largest absolute Gasteiger partial charge is 0.372 e. The third kappa shape index (κ3) is 2.84. The second-order valence-electron chi connectivity index (χ2n) is 5.02. The topological polar surface area (TPSA) is 43.4 Å². The van der Waals surface area contributed by atoms with Gasteiger partial charge in [0.25, 0.3) is 0 Å². The van der Waals surface area contributed by atoms with Crippen LogP contribution in [-0.2, 0) is 21.0 Å². The fraction of sp³-hybridized carbons (Fsp3) is 0.250. The van der Waals surface area contributed by atoms with Crippen molar-refractivity contribution in [2.75, 3.05) is 12.4 Å². The molecule has 0 aliphatic carbocycles. The molecule has 0 radical (unpaired) electrons. The Labute approximate surface area is 123 Å². The van der Waals surface area contributed by atoms with Gasteiger partial charge in [-0.2, -0.15) is 0 Å². The van der Waals surface area contributed by atoms with Gasteiger partial charge >= 0.3 is 0 Å². The first-order valence-corrected chi connectivity index (χ1v) is 8.40. The highest BCUT2D eigenvalue weighted by molar-refractivity contribution is 7.91. The third-order valence-electron chi connectivity index (χ3n) is 3.63. The highest BCUT2D eigenvalue weighted by Gasteiger charge is 2.28. The summed E-state index contributed by atoms with van der Waals surface area (Å²) in [6, 6.07) is 13.1. The first-order valence-electron chi connectivity index (χ1n) is 6.74. The Bertz CT molecular complexity index is 756. The first kappa shape index (κ1) is 14.2. The standard InChI is InChI=1S/C16H15FO3S/c17-14-7-3-4-8-16(14)21(18,19)11-15-13-6-2-1-5-12(13)9-10-20-15/h1-8,15H,9-11H2. The van der Waals surface area contributed by atoms with E-state index in [1.807, 2.05) is 24.3 Å². The van der Waals surface area contributed by atoms with E-state index in [0.29, 0.717) is 6.61 Å². The zero-order valence-electron chi connectivity index (χ0n) is 11.3. The quantitative estimate of drug-likeness (QED) is 0.875. The number of halogens is 1. The molecule has 0 N–H and O–H groups in total. The maximum absolute atomic E-state index is 13.7. The number of hydrogen-bond acceptors (Lipinski definition) is 3. The molecule has 1 atom stereocenters. The van der Waals surface area contributed by atoms with Gasteiger partial charge in [0.05, 0.1) is 18.5 Å². The fourth-order valence-corrected chi connectivity index (χ4v) is 4.11. The summed E-state index contributed by atoms with van der Waals surface area (Å²) in [6.07, 6.45) is 0.228. The van der Waals surface area contributed by atoms with Crippen LogP contribution in [0.1, 0.15) is 17.2 Å². The van der Waals surface area contributed by atoms with Gasteiger partial charge < -0.3 is 4.74 Å². The molecule has 0 amide bonds. The molecule has 1 aliphatic heterocycles. The predicted octanol–water partition coefficient (Wildman–Crippen LogP) is 2.91. The fourth-order valence-electron chi connectivity index (χ4n) is 2.60. The van der Waals surface area contributed by atoms with E-state index in [1.165, 1.54) is 18.2 Å². The Morgan fingerprint density at radius 1 is 1.10 bits per heavy atom. The summed E-state index contributed by atoms with van der Waals surface area (Å²) in [5.74, 6) is -0.966. The number of rotatable bonds is 3. The number of ether oxygens (including phenoxy) is 1. The molecule has 0 fully saturated rings. The van der Waals surface area contributed by atoms with Crippen molar-refractivity contribution in [2.24, 2.45) is 0 Å². The lowest BCUT2D eigenvalue weighted by molar-refractivity contribution is 0.0576. The minimum atomic E-state index is -3.73. The lowest BCUT2D eigenvalue weighted by Gasteiger charge is -2.25. The molecule has 2 aromatic rings. The van der Waals surface area contributed by atoms with E-state index in [4.69, 9.17) is 4.74 Å². The molecule has 3 nitrogen and oxygen atoms in total. The summed E-state index contributed by atoms with van der Waals surface area (Å²) < 4.78 is 44.1. The molecule has 0 bridgehead atoms. The van der Waals surface area contributed by atoms with Crippen LogP contribution >= 0.6 is 0 Å². The Kier molecular flexibility index (Phi) is 3.78. The molecule has 1 heterocycles.